The summed E-state index contributed by atoms with van der Waals surface area (Å²) >= 11 is 1.45. The zero-order valence-corrected chi connectivity index (χ0v) is 26.6. The second-order valence-electron chi connectivity index (χ2n) is 10.5. The van der Waals surface area contributed by atoms with E-state index in [0.717, 1.165) is 30.4 Å². The number of hydrogen-bond donors (Lipinski definition) is 2. The van der Waals surface area contributed by atoms with Crippen LogP contribution in [0.1, 0.15) is 39.0 Å². The fourth-order valence-electron chi connectivity index (χ4n) is 4.88. The van der Waals surface area contributed by atoms with E-state index in [1.165, 1.54) is 11.3 Å². The normalized spacial score (nSPS) is 13.4. The highest BCUT2D eigenvalue weighted by atomic mass is 32.1. The second-order valence-corrected chi connectivity index (χ2v) is 11.3. The number of pyridine rings is 3. The van der Waals surface area contributed by atoms with Crippen molar-refractivity contribution in [1.29, 1.82) is 0 Å². The molecule has 0 unspecified atom stereocenters. The minimum Gasteiger partial charge on any atom is -0.477 e. The van der Waals surface area contributed by atoms with Crippen molar-refractivity contribution < 1.29 is 23.4 Å². The van der Waals surface area contributed by atoms with Gasteiger partial charge >= 0.3 is 6.03 Å². The Labute approximate surface area is 269 Å². The summed E-state index contributed by atoms with van der Waals surface area (Å²) in [6, 6.07) is 7.13. The maximum atomic E-state index is 12.4. The lowest BCUT2D eigenvalue weighted by molar-refractivity contribution is 0.0240. The molecule has 0 saturated carbocycles. The quantitative estimate of drug-likeness (QED) is 0.169. The van der Waals surface area contributed by atoms with Crippen molar-refractivity contribution in [3.8, 4) is 56.2 Å². The molecular formula is C32H34N8O5S. The number of thiazole rings is 1. The van der Waals surface area contributed by atoms with E-state index in [1.54, 1.807) is 31.6 Å². The molecule has 0 aliphatic carbocycles. The summed E-state index contributed by atoms with van der Waals surface area (Å²) in [4.78, 5) is 31.2. The van der Waals surface area contributed by atoms with Gasteiger partial charge in [0, 0.05) is 67.0 Å². The summed E-state index contributed by atoms with van der Waals surface area (Å²) in [5, 5.41) is 16.4. The number of hydrogen-bond acceptors (Lipinski definition) is 12. The Balaban J connectivity index is 1.47. The molecule has 2 N–H and O–H groups in total. The Hall–Kier alpha value is -4.95. The number of ether oxygens (including phenoxy) is 3. The van der Waals surface area contributed by atoms with Crippen LogP contribution in [0, 0.1) is 6.92 Å². The van der Waals surface area contributed by atoms with Gasteiger partial charge in [-0.25, -0.2) is 24.7 Å². The van der Waals surface area contributed by atoms with Gasteiger partial charge in [-0.2, -0.15) is 0 Å². The van der Waals surface area contributed by atoms with E-state index in [2.05, 4.69) is 30.8 Å². The minimum absolute atomic E-state index is 0.0647. The van der Waals surface area contributed by atoms with Gasteiger partial charge in [0.15, 0.2) is 0 Å². The fourth-order valence-corrected chi connectivity index (χ4v) is 5.73. The van der Waals surface area contributed by atoms with E-state index in [1.807, 2.05) is 37.4 Å². The molecule has 5 aromatic rings. The molecule has 0 bridgehead atoms. The van der Waals surface area contributed by atoms with Gasteiger partial charge in [0.2, 0.25) is 23.5 Å². The lowest BCUT2D eigenvalue weighted by Gasteiger charge is -2.24. The molecule has 13 nitrogen and oxygen atoms in total. The first-order chi connectivity index (χ1) is 22.5. The Bertz CT molecular complexity index is 1800. The first-order valence-corrected chi connectivity index (χ1v) is 16.0. The van der Waals surface area contributed by atoms with Crippen LogP contribution in [0.4, 0.5) is 10.6 Å². The van der Waals surface area contributed by atoms with Crippen molar-refractivity contribution in [2.24, 2.45) is 0 Å². The number of amides is 2. The van der Waals surface area contributed by atoms with Gasteiger partial charge in [0.25, 0.3) is 0 Å². The first-order valence-electron chi connectivity index (χ1n) is 15.2. The van der Waals surface area contributed by atoms with Crippen LogP contribution < -0.4 is 20.1 Å². The third-order valence-electron chi connectivity index (χ3n) is 7.07. The Morgan fingerprint density at radius 3 is 2.67 bits per heavy atom. The van der Waals surface area contributed by atoms with Crippen molar-refractivity contribution in [2.45, 2.75) is 46.1 Å². The number of nitrogens with zero attached hydrogens (tertiary/aromatic N) is 6. The summed E-state index contributed by atoms with van der Waals surface area (Å²) in [5.41, 5.74) is 4.20. The van der Waals surface area contributed by atoms with Gasteiger partial charge in [0.05, 0.1) is 36.6 Å². The highest BCUT2D eigenvalue weighted by Crippen LogP contribution is 2.42. The van der Waals surface area contributed by atoms with Crippen molar-refractivity contribution in [2.75, 3.05) is 31.7 Å². The Morgan fingerprint density at radius 1 is 1.02 bits per heavy atom. The molecule has 1 saturated heterocycles. The SMILES string of the molecule is CCCOc1ncccc1-c1csc(-c2cc(NC(=O)NCC)ncc2-c2cc(-c3nnc(C)o3)cnc2OC2CCOCC2)n1. The number of carbonyl (C=O) groups excluding carboxylic acids is 1. The topological polar surface area (TPSA) is 159 Å². The van der Waals surface area contributed by atoms with Gasteiger partial charge in [-0.1, -0.05) is 6.92 Å². The van der Waals surface area contributed by atoms with Crippen LogP contribution in [0.15, 0.2) is 52.7 Å². The average Bonchev–Trinajstić information content (AvgIpc) is 3.74. The molecule has 2 amide bonds. The van der Waals surface area contributed by atoms with Crippen LogP contribution in [-0.4, -0.2) is 68.6 Å². The minimum atomic E-state index is -0.361. The summed E-state index contributed by atoms with van der Waals surface area (Å²) in [6.45, 7) is 7.88. The van der Waals surface area contributed by atoms with Gasteiger partial charge in [0.1, 0.15) is 16.9 Å². The fraction of sp³-hybridized carbons (Fsp3) is 0.344. The highest BCUT2D eigenvalue weighted by Gasteiger charge is 2.24. The molecule has 1 fully saturated rings. The van der Waals surface area contributed by atoms with Crippen LogP contribution in [0.3, 0.4) is 0 Å². The smallest absolute Gasteiger partial charge is 0.320 e. The molecule has 46 heavy (non-hydrogen) atoms. The summed E-state index contributed by atoms with van der Waals surface area (Å²) in [6.07, 6.45) is 7.33. The monoisotopic (exact) mass is 642 g/mol. The lowest BCUT2D eigenvalue weighted by atomic mass is 10.0. The largest absolute Gasteiger partial charge is 0.477 e. The van der Waals surface area contributed by atoms with Gasteiger partial charge in [-0.15, -0.1) is 21.5 Å². The molecule has 0 aromatic carbocycles. The van der Waals surface area contributed by atoms with Crippen molar-refractivity contribution in [1.82, 2.24) is 35.5 Å². The van der Waals surface area contributed by atoms with Crippen molar-refractivity contribution in [3.63, 3.8) is 0 Å². The summed E-state index contributed by atoms with van der Waals surface area (Å²) < 4.78 is 23.7. The predicted molar refractivity (Wildman–Crippen MR) is 173 cm³/mol. The maximum absolute atomic E-state index is 12.4. The van der Waals surface area contributed by atoms with Crippen molar-refractivity contribution in [3.05, 3.63) is 54.1 Å². The number of anilines is 1. The predicted octanol–water partition coefficient (Wildman–Crippen LogP) is 6.18. The highest BCUT2D eigenvalue weighted by molar-refractivity contribution is 7.13. The standard InChI is InChI=1S/C32H34N8O5S/c1-4-11-43-29-22(7-6-10-34-29)26-18-46-31(37-26)24-15-27(38-32(41)33-5-2)35-17-25(24)23-14-20(28-40-39-19(3)44-28)16-36-30(23)45-21-8-12-42-13-9-21/h6-7,10,14-18,21H,4-5,8-9,11-13H2,1-3H3,(H2,33,35,38,41). The zero-order valence-electron chi connectivity index (χ0n) is 25.8. The third-order valence-corrected chi connectivity index (χ3v) is 7.94. The van der Waals surface area contributed by atoms with Crippen molar-refractivity contribution >= 4 is 23.2 Å². The Kier molecular flexibility index (Phi) is 9.74. The van der Waals surface area contributed by atoms with E-state index < -0.39 is 0 Å². The zero-order chi connectivity index (χ0) is 31.9. The molecule has 5 aromatic heterocycles. The number of carbonyl (C=O) groups is 1. The van der Waals surface area contributed by atoms with Gasteiger partial charge < -0.3 is 23.9 Å². The molecule has 0 radical (unpaired) electrons. The van der Waals surface area contributed by atoms with E-state index >= 15 is 0 Å². The number of urea groups is 1. The lowest BCUT2D eigenvalue weighted by Crippen LogP contribution is -2.28. The van der Waals surface area contributed by atoms with Crippen LogP contribution >= 0.6 is 11.3 Å². The maximum Gasteiger partial charge on any atom is 0.320 e. The number of nitrogens with one attached hydrogen (secondary N) is 2. The number of aromatic nitrogens is 6. The van der Waals surface area contributed by atoms with E-state index in [4.69, 9.17) is 28.6 Å². The molecule has 6 heterocycles. The van der Waals surface area contributed by atoms with Gasteiger partial charge in [-0.05, 0) is 37.6 Å². The van der Waals surface area contributed by atoms with E-state index in [-0.39, 0.29) is 12.1 Å². The number of aryl methyl sites for hydroxylation is 1. The molecule has 1 aliphatic heterocycles. The third kappa shape index (κ3) is 7.13. The second kappa shape index (κ2) is 14.4. The van der Waals surface area contributed by atoms with Crippen LogP contribution in [0.25, 0.3) is 44.4 Å². The number of rotatable bonds is 11. The average molecular weight is 643 g/mol. The van der Waals surface area contributed by atoms with Gasteiger partial charge in [-0.3, -0.25) is 5.32 Å². The molecule has 14 heteroatoms. The molecule has 1 aliphatic rings. The summed E-state index contributed by atoms with van der Waals surface area (Å²) in [5.74, 6) is 2.08. The Morgan fingerprint density at radius 2 is 1.89 bits per heavy atom. The van der Waals surface area contributed by atoms with E-state index in [9.17, 15) is 4.79 Å². The molecular weight excluding hydrogens is 608 g/mol. The molecule has 0 spiro atoms. The first kappa shape index (κ1) is 31.0. The van der Waals surface area contributed by atoms with Crippen LogP contribution in [0.2, 0.25) is 0 Å². The molecule has 0 atom stereocenters. The van der Waals surface area contributed by atoms with Crippen LogP contribution in [0.5, 0.6) is 11.8 Å². The molecule has 238 valence electrons. The van der Waals surface area contributed by atoms with E-state index in [0.29, 0.717) is 83.1 Å². The van der Waals surface area contributed by atoms with Crippen LogP contribution in [-0.2, 0) is 4.74 Å². The molecule has 6 rings (SSSR count). The summed E-state index contributed by atoms with van der Waals surface area (Å²) in [7, 11) is 0.